The molecule has 2 aliphatic heterocycles. The van der Waals surface area contributed by atoms with Crippen LogP contribution in [-0.2, 0) is 21.2 Å². The number of sulfonamides is 1. The Labute approximate surface area is 162 Å². The predicted octanol–water partition coefficient (Wildman–Crippen LogP) is 1.69. The molecule has 2 heterocycles. The quantitative estimate of drug-likeness (QED) is 0.760. The number of hydrogen-bond donors (Lipinski definition) is 2. The first-order valence-corrected chi connectivity index (χ1v) is 10.4. The number of amides is 1. The second-order valence-electron chi connectivity index (χ2n) is 7.12. The van der Waals surface area contributed by atoms with Crippen molar-refractivity contribution in [2.45, 2.75) is 61.5 Å². The van der Waals surface area contributed by atoms with E-state index in [1.807, 2.05) is 11.9 Å². The smallest absolute Gasteiger partial charge is 0.240 e. The third kappa shape index (κ3) is 4.76. The van der Waals surface area contributed by atoms with E-state index in [9.17, 15) is 13.2 Å². The van der Waals surface area contributed by atoms with E-state index in [0.717, 1.165) is 18.4 Å². The molecule has 3 rings (SSSR count). The van der Waals surface area contributed by atoms with E-state index in [-0.39, 0.29) is 23.2 Å². The van der Waals surface area contributed by atoms with E-state index in [1.54, 1.807) is 24.3 Å². The number of carbonyl (C=O) groups excluding carboxylic acids is 1. The van der Waals surface area contributed by atoms with Gasteiger partial charge in [0.15, 0.2) is 0 Å². The number of fused-ring (bicyclic) bond motifs is 2. The van der Waals surface area contributed by atoms with Crippen LogP contribution in [0.15, 0.2) is 29.2 Å². The molecule has 1 aromatic carbocycles. The second-order valence-corrected chi connectivity index (χ2v) is 9.01. The van der Waals surface area contributed by atoms with Crippen LogP contribution in [0.5, 0.6) is 0 Å². The van der Waals surface area contributed by atoms with Gasteiger partial charge in [0.2, 0.25) is 15.9 Å². The zero-order valence-electron chi connectivity index (χ0n) is 15.3. The molecule has 8 heteroatoms. The molecule has 2 fully saturated rings. The molecule has 1 amide bonds. The molecule has 2 saturated heterocycles. The van der Waals surface area contributed by atoms with Crippen molar-refractivity contribution >= 4 is 28.3 Å². The summed E-state index contributed by atoms with van der Waals surface area (Å²) in [6, 6.07) is 8.21. The summed E-state index contributed by atoms with van der Waals surface area (Å²) >= 11 is 0. The molecule has 6 nitrogen and oxygen atoms in total. The molecule has 0 aromatic heterocycles. The maximum Gasteiger partial charge on any atom is 0.240 e. The van der Waals surface area contributed by atoms with Gasteiger partial charge in [0, 0.05) is 31.6 Å². The topological polar surface area (TPSA) is 78.5 Å². The second kappa shape index (κ2) is 8.69. The van der Waals surface area contributed by atoms with Crippen molar-refractivity contribution in [3.63, 3.8) is 0 Å². The number of rotatable bonds is 6. The average molecular weight is 402 g/mol. The summed E-state index contributed by atoms with van der Waals surface area (Å²) in [6.45, 7) is 0. The molecular formula is C18H28ClN3O3S. The normalized spacial score (nSPS) is 24.8. The van der Waals surface area contributed by atoms with Gasteiger partial charge in [-0.05, 0) is 56.8 Å². The number of aryl methyl sites for hydroxylation is 1. The van der Waals surface area contributed by atoms with Crippen molar-refractivity contribution in [2.75, 3.05) is 14.1 Å². The highest BCUT2D eigenvalue weighted by atomic mass is 35.5. The maximum absolute atomic E-state index is 12.5. The minimum absolute atomic E-state index is 0. The Morgan fingerprint density at radius 3 is 2.31 bits per heavy atom. The van der Waals surface area contributed by atoms with Gasteiger partial charge in [-0.2, -0.15) is 0 Å². The number of piperidine rings is 1. The number of nitrogens with zero attached hydrogens (tertiary/aromatic N) is 1. The minimum Gasteiger partial charge on any atom is -0.343 e. The minimum atomic E-state index is -3.41. The SMILES string of the molecule is CNS(=O)(=O)c1ccc(CCC(=O)N(C)C2CC3CCC(C2)N3)cc1.Cl. The molecule has 146 valence electrons. The van der Waals surface area contributed by atoms with E-state index >= 15 is 0 Å². The molecule has 2 atom stereocenters. The van der Waals surface area contributed by atoms with Gasteiger partial charge in [0.05, 0.1) is 4.90 Å². The highest BCUT2D eigenvalue weighted by molar-refractivity contribution is 7.89. The van der Waals surface area contributed by atoms with Gasteiger partial charge in [-0.1, -0.05) is 12.1 Å². The van der Waals surface area contributed by atoms with Crippen molar-refractivity contribution in [3.05, 3.63) is 29.8 Å². The molecule has 0 radical (unpaired) electrons. The molecule has 0 spiro atoms. The Kier molecular flexibility index (Phi) is 7.07. The average Bonchev–Trinajstić information content (AvgIpc) is 2.97. The van der Waals surface area contributed by atoms with Crippen LogP contribution >= 0.6 is 12.4 Å². The fraction of sp³-hybridized carbons (Fsp3) is 0.611. The van der Waals surface area contributed by atoms with Gasteiger partial charge in [0.1, 0.15) is 0 Å². The third-order valence-electron chi connectivity index (χ3n) is 5.52. The van der Waals surface area contributed by atoms with Gasteiger partial charge >= 0.3 is 0 Å². The van der Waals surface area contributed by atoms with E-state index in [2.05, 4.69) is 10.0 Å². The summed E-state index contributed by atoms with van der Waals surface area (Å²) < 4.78 is 25.7. The van der Waals surface area contributed by atoms with Crippen LogP contribution in [0, 0.1) is 0 Å². The highest BCUT2D eigenvalue weighted by Crippen LogP contribution is 2.29. The molecular weight excluding hydrogens is 374 g/mol. The van der Waals surface area contributed by atoms with Gasteiger partial charge in [-0.3, -0.25) is 4.79 Å². The first-order chi connectivity index (χ1) is 11.9. The van der Waals surface area contributed by atoms with Crippen LogP contribution in [-0.4, -0.2) is 51.4 Å². The Bertz CT molecular complexity index is 712. The van der Waals surface area contributed by atoms with Crippen LogP contribution in [0.1, 0.15) is 37.7 Å². The fourth-order valence-electron chi connectivity index (χ4n) is 3.93. The Balaban J connectivity index is 0.00000243. The number of hydrogen-bond acceptors (Lipinski definition) is 4. The summed E-state index contributed by atoms with van der Waals surface area (Å²) in [7, 11) is -0.0993. The Hall–Kier alpha value is -1.15. The first kappa shape index (κ1) is 21.2. The van der Waals surface area contributed by atoms with Crippen molar-refractivity contribution < 1.29 is 13.2 Å². The standard InChI is InChI=1S/C18H27N3O3S.ClH/c1-19-25(23,24)17-8-3-13(4-9-17)5-10-18(22)21(2)16-11-14-6-7-15(12-16)20-14;/h3-4,8-9,14-16,19-20H,5-7,10-12H2,1-2H3;1H. The predicted molar refractivity (Wildman–Crippen MR) is 104 cm³/mol. The molecule has 2 unspecified atom stereocenters. The number of benzene rings is 1. The Morgan fingerprint density at radius 2 is 1.77 bits per heavy atom. The lowest BCUT2D eigenvalue weighted by molar-refractivity contribution is -0.132. The monoisotopic (exact) mass is 401 g/mol. The van der Waals surface area contributed by atoms with Gasteiger partial charge in [-0.25, -0.2) is 13.1 Å². The molecule has 2 bridgehead atoms. The first-order valence-electron chi connectivity index (χ1n) is 8.93. The summed E-state index contributed by atoms with van der Waals surface area (Å²) in [5, 5.41) is 3.60. The maximum atomic E-state index is 12.5. The molecule has 2 N–H and O–H groups in total. The third-order valence-corrected chi connectivity index (χ3v) is 6.95. The fourth-order valence-corrected chi connectivity index (χ4v) is 4.66. The van der Waals surface area contributed by atoms with Crippen LogP contribution in [0.25, 0.3) is 0 Å². The molecule has 26 heavy (non-hydrogen) atoms. The van der Waals surface area contributed by atoms with Crippen molar-refractivity contribution in [1.82, 2.24) is 14.9 Å². The molecule has 1 aromatic rings. The molecule has 0 saturated carbocycles. The van der Waals surface area contributed by atoms with Crippen LogP contribution in [0.4, 0.5) is 0 Å². The number of nitrogens with one attached hydrogen (secondary N) is 2. The zero-order valence-corrected chi connectivity index (χ0v) is 16.9. The zero-order chi connectivity index (χ0) is 18.0. The lowest BCUT2D eigenvalue weighted by Gasteiger charge is -2.35. The van der Waals surface area contributed by atoms with Crippen LogP contribution in [0.2, 0.25) is 0 Å². The highest BCUT2D eigenvalue weighted by Gasteiger charge is 2.36. The van der Waals surface area contributed by atoms with E-state index in [1.165, 1.54) is 19.9 Å². The number of halogens is 1. The van der Waals surface area contributed by atoms with Gasteiger partial charge in [0.25, 0.3) is 0 Å². The van der Waals surface area contributed by atoms with Crippen molar-refractivity contribution in [2.24, 2.45) is 0 Å². The van der Waals surface area contributed by atoms with Crippen LogP contribution < -0.4 is 10.0 Å². The lowest BCUT2D eigenvalue weighted by atomic mass is 9.98. The molecule has 2 aliphatic rings. The summed E-state index contributed by atoms with van der Waals surface area (Å²) in [6.07, 6.45) is 5.63. The Morgan fingerprint density at radius 1 is 1.19 bits per heavy atom. The van der Waals surface area contributed by atoms with Crippen LogP contribution in [0.3, 0.4) is 0 Å². The van der Waals surface area contributed by atoms with E-state index in [0.29, 0.717) is 31.0 Å². The number of carbonyl (C=O) groups is 1. The lowest BCUT2D eigenvalue weighted by Crippen LogP contribution is -2.48. The van der Waals surface area contributed by atoms with Gasteiger partial charge in [-0.15, -0.1) is 12.4 Å². The largest absolute Gasteiger partial charge is 0.343 e. The van der Waals surface area contributed by atoms with Gasteiger partial charge < -0.3 is 10.2 Å². The van der Waals surface area contributed by atoms with Crippen molar-refractivity contribution in [1.29, 1.82) is 0 Å². The summed E-state index contributed by atoms with van der Waals surface area (Å²) in [4.78, 5) is 14.7. The summed E-state index contributed by atoms with van der Waals surface area (Å²) in [5.41, 5.74) is 0.974. The van der Waals surface area contributed by atoms with Crippen molar-refractivity contribution in [3.8, 4) is 0 Å². The van der Waals surface area contributed by atoms with E-state index < -0.39 is 10.0 Å². The molecule has 0 aliphatic carbocycles. The van der Waals surface area contributed by atoms with E-state index in [4.69, 9.17) is 0 Å². The summed E-state index contributed by atoms with van der Waals surface area (Å²) in [5.74, 6) is 0.165.